The van der Waals surface area contributed by atoms with E-state index in [-0.39, 0.29) is 33.8 Å². The Balaban J connectivity index is 1.37. The van der Waals surface area contributed by atoms with Gasteiger partial charge in [-0.25, -0.2) is 4.99 Å². The van der Waals surface area contributed by atoms with Gasteiger partial charge in [0, 0.05) is 17.9 Å². The van der Waals surface area contributed by atoms with Gasteiger partial charge in [-0.15, -0.1) is 0 Å². The summed E-state index contributed by atoms with van der Waals surface area (Å²) < 4.78 is 6.97. The van der Waals surface area contributed by atoms with Crippen molar-refractivity contribution in [3.63, 3.8) is 0 Å². The first kappa shape index (κ1) is 42.9. The van der Waals surface area contributed by atoms with E-state index in [4.69, 9.17) is 9.73 Å². The lowest BCUT2D eigenvalue weighted by Gasteiger charge is -2.64. The molecule has 8 rings (SSSR count). The molecule has 0 aromatic heterocycles. The van der Waals surface area contributed by atoms with Crippen LogP contribution in [0.4, 0.5) is 0 Å². The quantitative estimate of drug-likeness (QED) is 0.291. The van der Waals surface area contributed by atoms with Crippen LogP contribution in [-0.4, -0.2) is 46.0 Å². The summed E-state index contributed by atoms with van der Waals surface area (Å²) in [7, 11) is 0. The number of hydrogen-bond acceptors (Lipinski definition) is 4. The van der Waals surface area contributed by atoms with Gasteiger partial charge >= 0.3 is 0 Å². The molecular formula is C55H83N3O. The van der Waals surface area contributed by atoms with E-state index in [0.717, 1.165) is 49.7 Å². The minimum Gasteiger partial charge on any atom is -0.491 e. The van der Waals surface area contributed by atoms with Crippen LogP contribution in [0.15, 0.2) is 52.8 Å². The molecule has 3 saturated carbocycles. The van der Waals surface area contributed by atoms with Crippen LogP contribution >= 0.6 is 0 Å². The predicted octanol–water partition coefficient (Wildman–Crippen LogP) is 13.5. The highest BCUT2D eigenvalue weighted by atomic mass is 16.5. The molecule has 4 fully saturated rings. The highest BCUT2D eigenvalue weighted by Crippen LogP contribution is 2.59. The molecule has 0 radical (unpaired) electrons. The fraction of sp³-hybridized carbons (Fsp3) is 0.727. The first-order chi connectivity index (χ1) is 27.4. The molecule has 0 spiro atoms. The van der Waals surface area contributed by atoms with Crippen LogP contribution in [0.25, 0.3) is 0 Å². The number of aliphatic imine (C=N–C) groups is 1. The summed E-state index contributed by atoms with van der Waals surface area (Å²) in [4.78, 5) is 12.0. The Morgan fingerprint density at radius 3 is 1.64 bits per heavy atom. The number of ether oxygens (including phenoxy) is 1. The summed E-state index contributed by atoms with van der Waals surface area (Å²) >= 11 is 0. The van der Waals surface area contributed by atoms with E-state index in [0.29, 0.717) is 41.8 Å². The highest BCUT2D eigenvalue weighted by Gasteiger charge is 2.63. The van der Waals surface area contributed by atoms with E-state index >= 15 is 0 Å². The lowest BCUT2D eigenvalue weighted by atomic mass is 9.58. The third-order valence-electron chi connectivity index (χ3n) is 15.3. The van der Waals surface area contributed by atoms with Crippen LogP contribution in [0.5, 0.6) is 0 Å². The van der Waals surface area contributed by atoms with Crippen molar-refractivity contribution in [1.82, 2.24) is 9.80 Å². The number of rotatable bonds is 6. The molecule has 11 unspecified atom stereocenters. The van der Waals surface area contributed by atoms with Gasteiger partial charge in [0.15, 0.2) is 0 Å². The number of allylic oxidation sites excluding steroid dienone is 2. The number of guanidine groups is 1. The Hall–Kier alpha value is -2.75. The van der Waals surface area contributed by atoms with Gasteiger partial charge in [-0.3, -0.25) is 0 Å². The Bertz CT molecular complexity index is 1890. The second-order valence-electron chi connectivity index (χ2n) is 25.9. The summed E-state index contributed by atoms with van der Waals surface area (Å²) in [5.74, 6) is 5.85. The van der Waals surface area contributed by atoms with Gasteiger partial charge in [-0.1, -0.05) is 133 Å². The monoisotopic (exact) mass is 802 g/mol. The minimum atomic E-state index is 0.183. The van der Waals surface area contributed by atoms with E-state index in [2.05, 4.69) is 157 Å². The van der Waals surface area contributed by atoms with Crippen LogP contribution in [0.1, 0.15) is 188 Å². The smallest absolute Gasteiger partial charge is 0.202 e. The molecule has 0 bridgehead atoms. The van der Waals surface area contributed by atoms with Gasteiger partial charge in [0.1, 0.15) is 11.9 Å². The standard InChI is InChI=1S/C55H83N3O/c1-32-23-40-25-33(2)50-49-47(40)43(24-32)58-44-27-41(45-36(28-52(5,6)7)19-17-20-37(45)29-53(8,9)10)26-42(48(44)56-51(58)57(49)34(3)35(4)59-50)46-38(30-54(11,12)13)21-18-22-39(46)31-55(14,15)16/h17-22,32-33,40-44,47-50H,23-31H2,1-16H3. The largest absolute Gasteiger partial charge is 0.491 e. The van der Waals surface area contributed by atoms with Crippen molar-refractivity contribution in [2.75, 3.05) is 0 Å². The maximum Gasteiger partial charge on any atom is 0.202 e. The van der Waals surface area contributed by atoms with Crippen molar-refractivity contribution in [2.45, 2.75) is 211 Å². The molecule has 2 aromatic carbocycles. The molecule has 3 heterocycles. The predicted molar refractivity (Wildman–Crippen MR) is 249 cm³/mol. The van der Waals surface area contributed by atoms with Gasteiger partial charge in [-0.2, -0.15) is 0 Å². The zero-order valence-electron chi connectivity index (χ0n) is 40.4. The van der Waals surface area contributed by atoms with Crippen molar-refractivity contribution in [3.05, 3.63) is 81.2 Å². The Labute approximate surface area is 361 Å². The van der Waals surface area contributed by atoms with Crippen LogP contribution < -0.4 is 0 Å². The average molecular weight is 802 g/mol. The van der Waals surface area contributed by atoms with Crippen LogP contribution in [0.3, 0.4) is 0 Å². The number of fused-ring (bicyclic) bond motifs is 5. The summed E-state index contributed by atoms with van der Waals surface area (Å²) in [5.41, 5.74) is 11.7. The number of hydrogen-bond donors (Lipinski definition) is 0. The molecular weight excluding hydrogens is 719 g/mol. The summed E-state index contributed by atoms with van der Waals surface area (Å²) in [6, 6.07) is 16.3. The third kappa shape index (κ3) is 8.32. The normalized spacial score (nSPS) is 33.3. The molecule has 1 saturated heterocycles. The van der Waals surface area contributed by atoms with E-state index < -0.39 is 0 Å². The van der Waals surface area contributed by atoms with Gasteiger partial charge in [0.05, 0.1) is 23.8 Å². The topological polar surface area (TPSA) is 28.1 Å². The van der Waals surface area contributed by atoms with E-state index in [1.165, 1.54) is 37.3 Å². The SMILES string of the molecule is CC1=C(C)N2C3=NC4C(c5c(CC(C)(C)C)cccc5CC(C)(C)C)CC(c5c(CC(C)(C)C)cccc5CC(C)(C)C)CC4N3C3CC(C)CC4CC(C)C(O1)C2C43. The molecule has 3 aliphatic heterocycles. The van der Waals surface area contributed by atoms with Crippen LogP contribution in [-0.2, 0) is 30.4 Å². The van der Waals surface area contributed by atoms with Crippen molar-refractivity contribution in [2.24, 2.45) is 50.3 Å². The second kappa shape index (κ2) is 15.0. The maximum absolute atomic E-state index is 6.97. The molecule has 2 aromatic rings. The summed E-state index contributed by atoms with van der Waals surface area (Å²) in [5, 5.41) is 0. The second-order valence-corrected chi connectivity index (χ2v) is 25.9. The molecule has 324 valence electrons. The third-order valence-corrected chi connectivity index (χ3v) is 15.3. The molecule has 0 amide bonds. The van der Waals surface area contributed by atoms with Crippen LogP contribution in [0.2, 0.25) is 0 Å². The fourth-order valence-corrected chi connectivity index (χ4v) is 13.7. The van der Waals surface area contributed by atoms with E-state index in [9.17, 15) is 0 Å². The fourth-order valence-electron chi connectivity index (χ4n) is 13.7. The summed E-state index contributed by atoms with van der Waals surface area (Å²) in [6.45, 7) is 38.9. The Kier molecular flexibility index (Phi) is 10.9. The van der Waals surface area contributed by atoms with Crippen molar-refractivity contribution < 1.29 is 4.74 Å². The van der Waals surface area contributed by atoms with Crippen molar-refractivity contribution in [1.29, 1.82) is 0 Å². The van der Waals surface area contributed by atoms with Gasteiger partial charge in [-0.05, 0) is 150 Å². The molecule has 4 heteroatoms. The average Bonchev–Trinajstić information content (AvgIpc) is 3.46. The first-order valence-corrected chi connectivity index (χ1v) is 24.1. The molecule has 11 atom stereocenters. The van der Waals surface area contributed by atoms with E-state index in [1.54, 1.807) is 33.4 Å². The van der Waals surface area contributed by atoms with Gasteiger partial charge < -0.3 is 14.5 Å². The Morgan fingerprint density at radius 2 is 1.14 bits per heavy atom. The number of nitrogens with zero attached hydrogens (tertiary/aromatic N) is 3. The van der Waals surface area contributed by atoms with E-state index in [1.807, 2.05) is 0 Å². The number of benzene rings is 2. The minimum absolute atomic E-state index is 0.183. The molecule has 4 nitrogen and oxygen atoms in total. The maximum atomic E-state index is 6.97. The van der Waals surface area contributed by atoms with Gasteiger partial charge in [0.2, 0.25) is 5.96 Å². The van der Waals surface area contributed by atoms with Crippen molar-refractivity contribution >= 4 is 5.96 Å². The van der Waals surface area contributed by atoms with Crippen molar-refractivity contribution in [3.8, 4) is 0 Å². The zero-order chi connectivity index (χ0) is 42.7. The lowest BCUT2D eigenvalue weighted by Crippen LogP contribution is -2.73. The summed E-state index contributed by atoms with van der Waals surface area (Å²) in [6.07, 6.45) is 10.9. The van der Waals surface area contributed by atoms with Crippen LogP contribution in [0, 0.1) is 45.3 Å². The van der Waals surface area contributed by atoms with Gasteiger partial charge in [0.25, 0.3) is 0 Å². The molecule has 0 N–H and O–H groups in total. The highest BCUT2D eigenvalue weighted by molar-refractivity contribution is 5.86. The first-order valence-electron chi connectivity index (χ1n) is 24.1. The Morgan fingerprint density at radius 1 is 0.627 bits per heavy atom. The molecule has 3 aliphatic carbocycles. The molecule has 59 heavy (non-hydrogen) atoms. The molecule has 6 aliphatic rings. The zero-order valence-corrected chi connectivity index (χ0v) is 40.4. The lowest BCUT2D eigenvalue weighted by molar-refractivity contribution is -0.132.